The van der Waals surface area contributed by atoms with E-state index in [4.69, 9.17) is 5.73 Å². The number of carbonyl (C=O) groups is 1. The molecule has 3 heterocycles. The summed E-state index contributed by atoms with van der Waals surface area (Å²) < 4.78 is 1.65. The van der Waals surface area contributed by atoms with Gasteiger partial charge in [0.1, 0.15) is 11.4 Å². The molecule has 24 heavy (non-hydrogen) atoms. The molecule has 0 radical (unpaired) electrons. The Balaban J connectivity index is 1.95. The highest BCUT2D eigenvalue weighted by molar-refractivity contribution is 5.98. The fraction of sp³-hybridized carbons (Fsp3) is 0.214. The van der Waals surface area contributed by atoms with Crippen LogP contribution in [0.25, 0.3) is 0 Å². The Morgan fingerprint density at radius 2 is 2.08 bits per heavy atom. The molecule has 3 aromatic rings. The van der Waals surface area contributed by atoms with Crippen LogP contribution < -0.4 is 16.4 Å². The van der Waals surface area contributed by atoms with Gasteiger partial charge in [-0.2, -0.15) is 15.2 Å². The van der Waals surface area contributed by atoms with E-state index in [9.17, 15) is 4.79 Å². The van der Waals surface area contributed by atoms with Crippen LogP contribution in [-0.4, -0.2) is 35.9 Å². The second kappa shape index (κ2) is 5.99. The molecule has 3 rings (SSSR count). The smallest absolute Gasteiger partial charge is 0.254 e. The summed E-state index contributed by atoms with van der Waals surface area (Å²) in [6.45, 7) is 3.70. The van der Waals surface area contributed by atoms with E-state index < -0.39 is 5.91 Å². The van der Waals surface area contributed by atoms with Crippen molar-refractivity contribution in [3.8, 4) is 0 Å². The van der Waals surface area contributed by atoms with Gasteiger partial charge < -0.3 is 16.4 Å². The Kier molecular flexibility index (Phi) is 3.86. The molecular weight excluding hydrogens is 310 g/mol. The molecule has 0 saturated carbocycles. The van der Waals surface area contributed by atoms with Crippen LogP contribution in [0.5, 0.6) is 0 Å². The summed E-state index contributed by atoms with van der Waals surface area (Å²) in [6.07, 6.45) is 4.80. The summed E-state index contributed by atoms with van der Waals surface area (Å²) in [5.74, 6) is -0.00461. The van der Waals surface area contributed by atoms with E-state index in [1.807, 2.05) is 13.8 Å². The van der Waals surface area contributed by atoms with E-state index in [1.165, 1.54) is 6.20 Å². The van der Waals surface area contributed by atoms with Gasteiger partial charge in [0.15, 0.2) is 0 Å². The van der Waals surface area contributed by atoms with Crippen LogP contribution in [0, 0.1) is 13.8 Å². The number of carbonyl (C=O) groups excluding carboxylic acids is 1. The first-order chi connectivity index (χ1) is 11.4. The number of aromatic nitrogens is 6. The normalized spacial score (nSPS) is 10.6. The molecule has 0 atom stereocenters. The lowest BCUT2D eigenvalue weighted by atomic mass is 10.2. The fourth-order valence-corrected chi connectivity index (χ4v) is 2.19. The molecule has 0 aliphatic heterocycles. The molecule has 0 unspecified atom stereocenters. The number of hydrogen-bond donors (Lipinski definition) is 4. The number of hydrogen-bond acceptors (Lipinski definition) is 7. The number of H-pyrrole nitrogens is 1. The van der Waals surface area contributed by atoms with Gasteiger partial charge in [0.2, 0.25) is 5.95 Å². The second-order valence-electron chi connectivity index (χ2n) is 5.28. The summed E-state index contributed by atoms with van der Waals surface area (Å²) in [4.78, 5) is 20.1. The quantitative estimate of drug-likeness (QED) is 0.551. The number of nitrogens with one attached hydrogen (secondary N) is 3. The average molecular weight is 327 g/mol. The van der Waals surface area contributed by atoms with Gasteiger partial charge in [0, 0.05) is 19.4 Å². The number of rotatable bonds is 5. The number of nitrogens with two attached hydrogens (primary N) is 1. The molecule has 3 aromatic heterocycles. The minimum Gasteiger partial charge on any atom is -0.365 e. The maximum absolute atomic E-state index is 11.6. The maximum Gasteiger partial charge on any atom is 0.254 e. The number of aryl methyl sites for hydroxylation is 3. The van der Waals surface area contributed by atoms with Crippen molar-refractivity contribution in [3.63, 3.8) is 0 Å². The van der Waals surface area contributed by atoms with Crippen LogP contribution >= 0.6 is 0 Å². The first-order valence-corrected chi connectivity index (χ1v) is 7.15. The Morgan fingerprint density at radius 3 is 2.67 bits per heavy atom. The van der Waals surface area contributed by atoms with Gasteiger partial charge in [0.25, 0.3) is 5.91 Å². The summed E-state index contributed by atoms with van der Waals surface area (Å²) in [5.41, 5.74) is 8.64. The van der Waals surface area contributed by atoms with Crippen molar-refractivity contribution >= 4 is 29.0 Å². The number of primary amides is 1. The first kappa shape index (κ1) is 15.5. The summed E-state index contributed by atoms with van der Waals surface area (Å²) >= 11 is 0. The molecule has 10 heteroatoms. The van der Waals surface area contributed by atoms with Crippen LogP contribution in [0.15, 0.2) is 18.6 Å². The molecule has 0 saturated heterocycles. The average Bonchev–Trinajstić information content (AvgIpc) is 3.07. The lowest BCUT2D eigenvalue weighted by Gasteiger charge is -2.11. The predicted octanol–water partition coefficient (Wildman–Crippen LogP) is 1.14. The van der Waals surface area contributed by atoms with Gasteiger partial charge in [0.05, 0.1) is 29.0 Å². The van der Waals surface area contributed by atoms with Gasteiger partial charge in [-0.25, -0.2) is 4.98 Å². The number of anilines is 4. The minimum atomic E-state index is -0.621. The molecule has 0 fully saturated rings. The topological polar surface area (TPSA) is 139 Å². The third kappa shape index (κ3) is 3.02. The van der Waals surface area contributed by atoms with Crippen molar-refractivity contribution < 1.29 is 4.79 Å². The van der Waals surface area contributed by atoms with Crippen LogP contribution in [0.4, 0.5) is 23.1 Å². The van der Waals surface area contributed by atoms with Crippen LogP contribution in [0.2, 0.25) is 0 Å². The van der Waals surface area contributed by atoms with E-state index in [1.54, 1.807) is 24.1 Å². The lowest BCUT2D eigenvalue weighted by molar-refractivity contribution is 0.100. The second-order valence-corrected chi connectivity index (χ2v) is 5.28. The molecule has 1 amide bonds. The highest BCUT2D eigenvalue weighted by Crippen LogP contribution is 2.24. The highest BCUT2D eigenvalue weighted by atomic mass is 16.1. The van der Waals surface area contributed by atoms with Crippen molar-refractivity contribution in [2.75, 3.05) is 10.6 Å². The van der Waals surface area contributed by atoms with Gasteiger partial charge in [-0.3, -0.25) is 14.6 Å². The van der Waals surface area contributed by atoms with E-state index in [0.29, 0.717) is 11.8 Å². The van der Waals surface area contributed by atoms with Crippen LogP contribution in [0.3, 0.4) is 0 Å². The Morgan fingerprint density at radius 1 is 1.29 bits per heavy atom. The molecule has 124 valence electrons. The zero-order valence-corrected chi connectivity index (χ0v) is 13.5. The van der Waals surface area contributed by atoms with E-state index in [-0.39, 0.29) is 5.56 Å². The van der Waals surface area contributed by atoms with Gasteiger partial charge in [-0.15, -0.1) is 0 Å². The SMILES string of the molecule is Cc1n[nH]c(C)c1Nc1nc(Nc2cnn(C)c2)ncc1C(N)=O. The standard InChI is InChI=1S/C14H17N9O/c1-7-11(8(2)22-21-7)19-13-10(12(15)24)5-16-14(20-13)18-9-4-17-23(3)6-9/h4-6H,1-3H3,(H2,15,24)(H,21,22)(H2,16,18,19,20). The Bertz CT molecular complexity index is 876. The van der Waals surface area contributed by atoms with Gasteiger partial charge in [-0.05, 0) is 13.8 Å². The summed E-state index contributed by atoms with van der Waals surface area (Å²) in [5, 5.41) is 17.1. The number of amides is 1. The van der Waals surface area contributed by atoms with E-state index >= 15 is 0 Å². The monoisotopic (exact) mass is 327 g/mol. The van der Waals surface area contributed by atoms with Crippen LogP contribution in [0.1, 0.15) is 21.7 Å². The van der Waals surface area contributed by atoms with Gasteiger partial charge in [-0.1, -0.05) is 0 Å². The van der Waals surface area contributed by atoms with Crippen molar-refractivity contribution in [1.29, 1.82) is 0 Å². The molecule has 10 nitrogen and oxygen atoms in total. The molecule has 0 aliphatic carbocycles. The lowest BCUT2D eigenvalue weighted by Crippen LogP contribution is -2.16. The summed E-state index contributed by atoms with van der Waals surface area (Å²) in [6, 6.07) is 0. The van der Waals surface area contributed by atoms with Crippen molar-refractivity contribution in [1.82, 2.24) is 29.9 Å². The van der Waals surface area contributed by atoms with Crippen LogP contribution in [-0.2, 0) is 7.05 Å². The molecular formula is C14H17N9O. The Hall–Kier alpha value is -3.43. The molecule has 5 N–H and O–H groups in total. The Labute approximate surface area is 137 Å². The zero-order chi connectivity index (χ0) is 17.3. The van der Waals surface area contributed by atoms with Gasteiger partial charge >= 0.3 is 0 Å². The molecule has 0 bridgehead atoms. The summed E-state index contributed by atoms with van der Waals surface area (Å²) in [7, 11) is 1.81. The molecule has 0 aromatic carbocycles. The molecule has 0 spiro atoms. The minimum absolute atomic E-state index is 0.187. The number of aromatic amines is 1. The largest absolute Gasteiger partial charge is 0.365 e. The zero-order valence-electron chi connectivity index (χ0n) is 13.5. The van der Waals surface area contributed by atoms with E-state index in [0.717, 1.165) is 22.8 Å². The highest BCUT2D eigenvalue weighted by Gasteiger charge is 2.15. The first-order valence-electron chi connectivity index (χ1n) is 7.15. The maximum atomic E-state index is 11.6. The third-order valence-corrected chi connectivity index (χ3v) is 3.39. The van der Waals surface area contributed by atoms with E-state index in [2.05, 4.69) is 35.9 Å². The van der Waals surface area contributed by atoms with Crippen molar-refractivity contribution in [2.24, 2.45) is 12.8 Å². The van der Waals surface area contributed by atoms with Crippen molar-refractivity contribution in [3.05, 3.63) is 35.5 Å². The van der Waals surface area contributed by atoms with Crippen molar-refractivity contribution in [2.45, 2.75) is 13.8 Å². The molecule has 0 aliphatic rings. The fourth-order valence-electron chi connectivity index (χ4n) is 2.19. The third-order valence-electron chi connectivity index (χ3n) is 3.39. The number of nitrogens with zero attached hydrogens (tertiary/aromatic N) is 5. The predicted molar refractivity (Wildman–Crippen MR) is 88.4 cm³/mol.